The smallest absolute Gasteiger partial charge is 0.335 e. The zero-order valence-corrected chi connectivity index (χ0v) is 8.11. The number of benzene rings is 1. The van der Waals surface area contributed by atoms with Gasteiger partial charge >= 0.3 is 5.97 Å². The Hall–Kier alpha value is -1.68. The summed E-state index contributed by atoms with van der Waals surface area (Å²) in [6.07, 6.45) is 4.11. The van der Waals surface area contributed by atoms with E-state index >= 15 is 0 Å². The number of carbonyl (C=O) groups is 1. The summed E-state index contributed by atoms with van der Waals surface area (Å²) in [4.78, 5) is 10.6. The maximum atomic E-state index is 13.0. The third-order valence-electron chi connectivity index (χ3n) is 1.81. The standard InChI is InChI=1S/C11H12FNO2/c12-10-6-8(3-1-2-4-13)5-9(7-10)11(14)15/h1,3,5-7H,2,4,13H2,(H,14,15). The fraction of sp³-hybridized carbons (Fsp3) is 0.182. The van der Waals surface area contributed by atoms with Crippen molar-refractivity contribution in [3.05, 3.63) is 41.2 Å². The summed E-state index contributed by atoms with van der Waals surface area (Å²) in [6, 6.07) is 3.68. The van der Waals surface area contributed by atoms with E-state index in [9.17, 15) is 9.18 Å². The minimum absolute atomic E-state index is 0.0533. The van der Waals surface area contributed by atoms with Crippen molar-refractivity contribution >= 4 is 12.0 Å². The van der Waals surface area contributed by atoms with Crippen LogP contribution in [0.15, 0.2) is 24.3 Å². The molecule has 0 aliphatic carbocycles. The molecule has 3 N–H and O–H groups in total. The largest absolute Gasteiger partial charge is 0.478 e. The predicted octanol–water partition coefficient (Wildman–Crippen LogP) is 1.89. The van der Waals surface area contributed by atoms with Gasteiger partial charge in [-0.1, -0.05) is 12.2 Å². The Balaban J connectivity index is 2.93. The summed E-state index contributed by atoms with van der Waals surface area (Å²) in [7, 11) is 0. The summed E-state index contributed by atoms with van der Waals surface area (Å²) in [6.45, 7) is 0.512. The number of hydrogen-bond donors (Lipinski definition) is 2. The van der Waals surface area contributed by atoms with Crippen LogP contribution in [0.1, 0.15) is 22.3 Å². The second-order valence-electron chi connectivity index (χ2n) is 3.06. The molecule has 0 spiro atoms. The van der Waals surface area contributed by atoms with Gasteiger partial charge in [0.15, 0.2) is 0 Å². The average molecular weight is 209 g/mol. The molecule has 0 saturated heterocycles. The second kappa shape index (κ2) is 5.26. The first-order valence-electron chi connectivity index (χ1n) is 4.54. The van der Waals surface area contributed by atoms with E-state index in [4.69, 9.17) is 10.8 Å². The number of carboxylic acids is 1. The molecule has 0 aliphatic rings. The summed E-state index contributed by atoms with van der Waals surface area (Å²) in [5.74, 6) is -1.69. The Labute approximate surface area is 87.0 Å². The number of rotatable bonds is 4. The van der Waals surface area contributed by atoms with E-state index in [0.29, 0.717) is 18.5 Å². The fourth-order valence-corrected chi connectivity index (χ4v) is 1.15. The Morgan fingerprint density at radius 2 is 2.20 bits per heavy atom. The molecule has 15 heavy (non-hydrogen) atoms. The normalized spacial score (nSPS) is 10.8. The van der Waals surface area contributed by atoms with Crippen LogP contribution in [0.25, 0.3) is 6.08 Å². The number of halogens is 1. The Kier molecular flexibility index (Phi) is 4.00. The molecule has 0 aromatic heterocycles. The van der Waals surface area contributed by atoms with Crippen LogP contribution in [0.4, 0.5) is 4.39 Å². The quantitative estimate of drug-likeness (QED) is 0.795. The van der Waals surface area contributed by atoms with E-state index < -0.39 is 11.8 Å². The molecular weight excluding hydrogens is 197 g/mol. The molecule has 3 nitrogen and oxygen atoms in total. The van der Waals surface area contributed by atoms with E-state index in [1.807, 2.05) is 0 Å². The zero-order chi connectivity index (χ0) is 11.3. The van der Waals surface area contributed by atoms with Crippen LogP contribution in [0.5, 0.6) is 0 Å². The van der Waals surface area contributed by atoms with Gasteiger partial charge in [0.2, 0.25) is 0 Å². The average Bonchev–Trinajstić information content (AvgIpc) is 2.17. The second-order valence-corrected chi connectivity index (χ2v) is 3.06. The summed E-state index contributed by atoms with van der Waals surface area (Å²) in [5, 5.41) is 8.69. The first-order chi connectivity index (χ1) is 7.13. The van der Waals surface area contributed by atoms with Crippen LogP contribution in [0, 0.1) is 5.82 Å². The van der Waals surface area contributed by atoms with Crippen molar-refractivity contribution in [2.24, 2.45) is 5.73 Å². The lowest BCUT2D eigenvalue weighted by Gasteiger charge is -1.98. The summed E-state index contributed by atoms with van der Waals surface area (Å²) >= 11 is 0. The number of aromatic carboxylic acids is 1. The van der Waals surface area contributed by atoms with Crippen LogP contribution in [-0.2, 0) is 0 Å². The van der Waals surface area contributed by atoms with E-state index in [1.165, 1.54) is 12.1 Å². The van der Waals surface area contributed by atoms with Crippen LogP contribution in [0.3, 0.4) is 0 Å². The monoisotopic (exact) mass is 209 g/mol. The molecule has 1 aromatic carbocycles. The van der Waals surface area contributed by atoms with Crippen LogP contribution in [0.2, 0.25) is 0 Å². The van der Waals surface area contributed by atoms with Gasteiger partial charge in [-0.25, -0.2) is 9.18 Å². The first kappa shape index (κ1) is 11.4. The number of nitrogens with two attached hydrogens (primary N) is 1. The minimum Gasteiger partial charge on any atom is -0.478 e. The molecule has 0 radical (unpaired) electrons. The van der Waals surface area contributed by atoms with Crippen molar-refractivity contribution in [3.63, 3.8) is 0 Å². The van der Waals surface area contributed by atoms with Crippen molar-refractivity contribution in [3.8, 4) is 0 Å². The van der Waals surface area contributed by atoms with Gasteiger partial charge in [0, 0.05) is 0 Å². The van der Waals surface area contributed by atoms with E-state index in [-0.39, 0.29) is 5.56 Å². The zero-order valence-electron chi connectivity index (χ0n) is 8.11. The maximum Gasteiger partial charge on any atom is 0.335 e. The van der Waals surface area contributed by atoms with Gasteiger partial charge in [0.25, 0.3) is 0 Å². The molecule has 0 atom stereocenters. The Morgan fingerprint density at radius 1 is 1.47 bits per heavy atom. The highest BCUT2D eigenvalue weighted by molar-refractivity contribution is 5.88. The molecule has 0 fully saturated rings. The van der Waals surface area contributed by atoms with Gasteiger partial charge in [-0.15, -0.1) is 0 Å². The van der Waals surface area contributed by atoms with Crippen LogP contribution < -0.4 is 5.73 Å². The lowest BCUT2D eigenvalue weighted by molar-refractivity contribution is 0.0696. The van der Waals surface area contributed by atoms with Crippen molar-refractivity contribution in [1.29, 1.82) is 0 Å². The van der Waals surface area contributed by atoms with Crippen molar-refractivity contribution in [1.82, 2.24) is 0 Å². The van der Waals surface area contributed by atoms with Gasteiger partial charge < -0.3 is 10.8 Å². The third-order valence-corrected chi connectivity index (χ3v) is 1.81. The molecule has 0 heterocycles. The summed E-state index contributed by atoms with van der Waals surface area (Å²) in [5.41, 5.74) is 5.76. The summed E-state index contributed by atoms with van der Waals surface area (Å²) < 4.78 is 13.0. The lowest BCUT2D eigenvalue weighted by Crippen LogP contribution is -1.98. The van der Waals surface area contributed by atoms with Crippen molar-refractivity contribution < 1.29 is 14.3 Å². The SMILES string of the molecule is NCCC=Cc1cc(F)cc(C(=O)O)c1. The molecule has 0 aliphatic heterocycles. The minimum atomic E-state index is -1.14. The van der Waals surface area contributed by atoms with Gasteiger partial charge in [0.05, 0.1) is 5.56 Å². The third kappa shape index (κ3) is 3.52. The van der Waals surface area contributed by atoms with E-state index in [0.717, 1.165) is 6.07 Å². The lowest BCUT2D eigenvalue weighted by atomic mass is 10.1. The Bertz CT molecular complexity index is 388. The van der Waals surface area contributed by atoms with Crippen LogP contribution in [-0.4, -0.2) is 17.6 Å². The predicted molar refractivity (Wildman–Crippen MR) is 56.1 cm³/mol. The molecule has 80 valence electrons. The highest BCUT2D eigenvalue weighted by Crippen LogP contribution is 2.11. The molecule has 0 unspecified atom stereocenters. The molecule has 0 saturated carbocycles. The first-order valence-corrected chi connectivity index (χ1v) is 4.54. The highest BCUT2D eigenvalue weighted by atomic mass is 19.1. The molecule has 1 aromatic rings. The number of carboxylic acid groups (broad SMARTS) is 1. The molecule has 1 rings (SSSR count). The van der Waals surface area contributed by atoms with Crippen molar-refractivity contribution in [2.45, 2.75) is 6.42 Å². The van der Waals surface area contributed by atoms with E-state index in [2.05, 4.69) is 0 Å². The molecule has 0 amide bonds. The Morgan fingerprint density at radius 3 is 2.80 bits per heavy atom. The molecular formula is C11H12FNO2. The van der Waals surface area contributed by atoms with Gasteiger partial charge in [0.1, 0.15) is 5.82 Å². The van der Waals surface area contributed by atoms with Gasteiger partial charge in [-0.05, 0) is 36.7 Å². The molecule has 4 heteroatoms. The van der Waals surface area contributed by atoms with E-state index in [1.54, 1.807) is 12.2 Å². The van der Waals surface area contributed by atoms with Gasteiger partial charge in [-0.3, -0.25) is 0 Å². The molecule has 0 bridgehead atoms. The number of hydrogen-bond acceptors (Lipinski definition) is 2. The van der Waals surface area contributed by atoms with Crippen LogP contribution >= 0.6 is 0 Å². The van der Waals surface area contributed by atoms with Gasteiger partial charge in [-0.2, -0.15) is 0 Å². The highest BCUT2D eigenvalue weighted by Gasteiger charge is 2.05. The fourth-order valence-electron chi connectivity index (χ4n) is 1.15. The van der Waals surface area contributed by atoms with Crippen molar-refractivity contribution in [2.75, 3.05) is 6.54 Å². The maximum absolute atomic E-state index is 13.0. The topological polar surface area (TPSA) is 63.3 Å².